The minimum Gasteiger partial charge on any atom is -0.519 e. The van der Waals surface area contributed by atoms with Crippen molar-refractivity contribution in [3.05, 3.63) is 0 Å². The van der Waals surface area contributed by atoms with Gasteiger partial charge >= 0.3 is 11.9 Å². The van der Waals surface area contributed by atoms with Crippen molar-refractivity contribution < 1.29 is 23.5 Å². The number of thioether (sulfide) groups is 1. The Bertz CT molecular complexity index is 509. The van der Waals surface area contributed by atoms with Crippen LogP contribution in [0.15, 0.2) is 0 Å². The molecule has 0 bridgehead atoms. The Morgan fingerprint density at radius 3 is 2.64 bits per heavy atom. The van der Waals surface area contributed by atoms with Gasteiger partial charge in [-0.25, -0.2) is 0 Å². The quantitative estimate of drug-likeness (QED) is 0.440. The van der Waals surface area contributed by atoms with Gasteiger partial charge in [0.25, 0.3) is 0 Å². The Balaban J connectivity index is 2.18. The van der Waals surface area contributed by atoms with E-state index < -0.39 is 31.7 Å². The van der Waals surface area contributed by atoms with Gasteiger partial charge in [-0.1, -0.05) is 0 Å². The number of amides is 1. The van der Waals surface area contributed by atoms with E-state index in [1.54, 1.807) is 4.90 Å². The van der Waals surface area contributed by atoms with Crippen LogP contribution >= 0.6 is 11.8 Å². The predicted molar refractivity (Wildman–Crippen MR) is 84.4 cm³/mol. The average Bonchev–Trinajstić information content (AvgIpc) is 2.42. The Morgan fingerprint density at radius 2 is 2.09 bits per heavy atom. The van der Waals surface area contributed by atoms with Crippen molar-refractivity contribution in [2.24, 2.45) is 11.1 Å². The summed E-state index contributed by atoms with van der Waals surface area (Å²) in [6.07, 6.45) is 0. The highest BCUT2D eigenvalue weighted by molar-refractivity contribution is 8.00. The summed E-state index contributed by atoms with van der Waals surface area (Å²) in [4.78, 5) is 37.2. The van der Waals surface area contributed by atoms with E-state index in [1.807, 2.05) is 19.6 Å². The molecule has 0 aromatic rings. The summed E-state index contributed by atoms with van der Waals surface area (Å²) in [5.74, 6) is -0.609. The molecule has 2 fully saturated rings. The lowest BCUT2D eigenvalue weighted by molar-refractivity contribution is -0.162. The monoisotopic (exact) mass is 346 g/mol. The zero-order valence-corrected chi connectivity index (χ0v) is 15.1. The lowest BCUT2D eigenvalue weighted by atomic mass is 9.88. The van der Waals surface area contributed by atoms with Crippen LogP contribution in [0.3, 0.4) is 0 Å². The van der Waals surface area contributed by atoms with Gasteiger partial charge in [0.05, 0.1) is 0 Å². The minimum atomic E-state index is -2.09. The molecule has 0 aromatic carbocycles. The Kier molecular flexibility index (Phi) is 4.60. The SMILES string of the molecule is CC(=O)OCC1(C(=O)O[Si](C)(C)C)CS[C@@H]2C(N)C(=O)N2C1. The molecule has 9 heteroatoms. The first kappa shape index (κ1) is 17.3. The zero-order valence-electron chi connectivity index (χ0n) is 13.3. The van der Waals surface area contributed by atoms with Gasteiger partial charge in [0.2, 0.25) is 14.2 Å². The van der Waals surface area contributed by atoms with E-state index in [0.717, 1.165) is 0 Å². The second-order valence-corrected chi connectivity index (χ2v) is 12.3. The Hall–Kier alpha value is -1.06. The number of esters is 1. The molecular weight excluding hydrogens is 324 g/mol. The number of hydrogen-bond acceptors (Lipinski definition) is 7. The molecule has 0 saturated carbocycles. The summed E-state index contributed by atoms with van der Waals surface area (Å²) < 4.78 is 10.7. The van der Waals surface area contributed by atoms with Crippen molar-refractivity contribution in [1.29, 1.82) is 0 Å². The van der Waals surface area contributed by atoms with Gasteiger partial charge < -0.3 is 19.8 Å². The molecule has 2 N–H and O–H groups in total. The molecule has 0 radical (unpaired) electrons. The van der Waals surface area contributed by atoms with Crippen LogP contribution in [0.25, 0.3) is 0 Å². The molecule has 2 rings (SSSR count). The second kappa shape index (κ2) is 5.86. The molecule has 7 nitrogen and oxygen atoms in total. The summed E-state index contributed by atoms with van der Waals surface area (Å²) in [6, 6.07) is -0.510. The normalized spacial score (nSPS) is 31.1. The highest BCUT2D eigenvalue weighted by atomic mass is 32.2. The molecule has 22 heavy (non-hydrogen) atoms. The zero-order chi connectivity index (χ0) is 16.7. The average molecular weight is 346 g/mol. The third kappa shape index (κ3) is 3.30. The maximum absolute atomic E-state index is 12.7. The maximum Gasteiger partial charge on any atom is 0.304 e. The van der Waals surface area contributed by atoms with Crippen LogP contribution in [-0.4, -0.2) is 61.4 Å². The second-order valence-electron chi connectivity index (χ2n) is 6.76. The van der Waals surface area contributed by atoms with E-state index in [2.05, 4.69) is 0 Å². The summed E-state index contributed by atoms with van der Waals surface area (Å²) in [5, 5.41) is -0.0994. The van der Waals surface area contributed by atoms with Crippen LogP contribution in [-0.2, 0) is 23.5 Å². The lowest BCUT2D eigenvalue weighted by Crippen LogP contribution is -2.72. The van der Waals surface area contributed by atoms with E-state index >= 15 is 0 Å². The van der Waals surface area contributed by atoms with Crippen molar-refractivity contribution >= 4 is 37.9 Å². The molecular formula is C13H22N2O5SSi. The molecule has 3 atom stereocenters. The molecule has 0 spiro atoms. The molecule has 0 aliphatic carbocycles. The number of nitrogens with zero attached hydrogens (tertiary/aromatic N) is 1. The van der Waals surface area contributed by atoms with Gasteiger partial charge in [0.1, 0.15) is 23.4 Å². The van der Waals surface area contributed by atoms with Crippen LogP contribution < -0.4 is 5.73 Å². The third-order valence-electron chi connectivity index (χ3n) is 3.57. The highest BCUT2D eigenvalue weighted by Crippen LogP contribution is 2.42. The van der Waals surface area contributed by atoms with Crippen molar-refractivity contribution in [1.82, 2.24) is 4.90 Å². The minimum absolute atomic E-state index is 0.0790. The first-order chi connectivity index (χ1) is 10.1. The van der Waals surface area contributed by atoms with Crippen LogP contribution in [0.1, 0.15) is 6.92 Å². The van der Waals surface area contributed by atoms with E-state index in [9.17, 15) is 14.4 Å². The number of ether oxygens (including phenoxy) is 1. The van der Waals surface area contributed by atoms with E-state index in [0.29, 0.717) is 5.75 Å². The fourth-order valence-electron chi connectivity index (χ4n) is 2.42. The van der Waals surface area contributed by atoms with Crippen LogP contribution in [0, 0.1) is 5.41 Å². The molecule has 2 unspecified atom stereocenters. The molecule has 2 aliphatic heterocycles. The van der Waals surface area contributed by atoms with Gasteiger partial charge in [-0.2, -0.15) is 0 Å². The van der Waals surface area contributed by atoms with Gasteiger partial charge in [0.15, 0.2) is 0 Å². The summed E-state index contributed by atoms with van der Waals surface area (Å²) >= 11 is 1.44. The van der Waals surface area contributed by atoms with Crippen LogP contribution in [0.5, 0.6) is 0 Å². The van der Waals surface area contributed by atoms with Crippen molar-refractivity contribution in [2.45, 2.75) is 38.0 Å². The van der Waals surface area contributed by atoms with Crippen molar-refractivity contribution in [3.8, 4) is 0 Å². The highest BCUT2D eigenvalue weighted by Gasteiger charge is 2.57. The summed E-state index contributed by atoms with van der Waals surface area (Å²) in [6.45, 7) is 7.13. The molecule has 2 saturated heterocycles. The molecule has 1 amide bonds. The topological polar surface area (TPSA) is 98.9 Å². The fourth-order valence-corrected chi connectivity index (χ4v) is 4.66. The van der Waals surface area contributed by atoms with Gasteiger partial charge in [-0.15, -0.1) is 11.8 Å². The summed E-state index contributed by atoms with van der Waals surface area (Å²) in [7, 11) is -2.09. The van der Waals surface area contributed by atoms with Crippen LogP contribution in [0.4, 0.5) is 0 Å². The van der Waals surface area contributed by atoms with E-state index in [1.165, 1.54) is 18.7 Å². The summed E-state index contributed by atoms with van der Waals surface area (Å²) in [5.41, 5.74) is 4.75. The number of β-lactam (4-membered cyclic amide) rings is 1. The maximum atomic E-state index is 12.7. The standard InChI is InChI=1S/C13H22N2O5SSi/c1-8(16)19-6-13(12(18)20-22(2,3)4)5-15-10(17)9(14)11(15)21-7-13/h9,11H,5-7,14H2,1-4H3/t9?,11-,13?/m1/s1. The molecule has 124 valence electrons. The number of nitrogens with two attached hydrogens (primary N) is 1. The van der Waals surface area contributed by atoms with E-state index in [4.69, 9.17) is 14.9 Å². The number of carbonyl (C=O) groups is 3. The van der Waals surface area contributed by atoms with Crippen LogP contribution in [0.2, 0.25) is 19.6 Å². The van der Waals surface area contributed by atoms with Crippen molar-refractivity contribution in [2.75, 3.05) is 18.9 Å². The van der Waals surface area contributed by atoms with E-state index in [-0.39, 0.29) is 24.4 Å². The first-order valence-corrected chi connectivity index (χ1v) is 11.6. The molecule has 2 aliphatic rings. The smallest absolute Gasteiger partial charge is 0.304 e. The first-order valence-electron chi connectivity index (χ1n) is 7.10. The number of carbonyl (C=O) groups excluding carboxylic acids is 3. The molecule has 0 aromatic heterocycles. The predicted octanol–water partition coefficient (Wildman–Crippen LogP) is 0.156. The molecule has 2 heterocycles. The lowest BCUT2D eigenvalue weighted by Gasteiger charge is -2.53. The van der Waals surface area contributed by atoms with Crippen molar-refractivity contribution in [3.63, 3.8) is 0 Å². The largest absolute Gasteiger partial charge is 0.519 e. The fraction of sp³-hybridized carbons (Fsp3) is 0.769. The Labute approximate surface area is 135 Å². The van der Waals surface area contributed by atoms with Gasteiger partial charge in [-0.3, -0.25) is 14.4 Å². The number of fused-ring (bicyclic) bond motifs is 1. The number of rotatable bonds is 4. The van der Waals surface area contributed by atoms with Gasteiger partial charge in [-0.05, 0) is 19.6 Å². The number of hydrogen-bond donors (Lipinski definition) is 1. The third-order valence-corrected chi connectivity index (χ3v) is 5.98. The van der Waals surface area contributed by atoms with Gasteiger partial charge in [0, 0.05) is 19.2 Å². The Morgan fingerprint density at radius 1 is 1.45 bits per heavy atom.